The summed E-state index contributed by atoms with van der Waals surface area (Å²) in [6.45, 7) is 3.23. The van der Waals surface area contributed by atoms with E-state index in [9.17, 15) is 9.59 Å². The molecule has 130 valence electrons. The van der Waals surface area contributed by atoms with Crippen LogP contribution in [0.4, 0.5) is 0 Å². The van der Waals surface area contributed by atoms with Crippen LogP contribution in [-0.2, 0) is 20.9 Å². The van der Waals surface area contributed by atoms with E-state index in [2.05, 4.69) is 0 Å². The highest BCUT2D eigenvalue weighted by molar-refractivity contribution is 6.06. The minimum absolute atomic E-state index is 0.0254. The Kier molecular flexibility index (Phi) is 6.03. The number of nitriles is 1. The second-order valence-electron chi connectivity index (χ2n) is 5.33. The zero-order valence-corrected chi connectivity index (χ0v) is 14.0. The van der Waals surface area contributed by atoms with Crippen molar-refractivity contribution in [3.63, 3.8) is 0 Å². The van der Waals surface area contributed by atoms with Crippen molar-refractivity contribution in [2.75, 3.05) is 13.2 Å². The van der Waals surface area contributed by atoms with Crippen LogP contribution in [0.15, 0.2) is 28.7 Å². The summed E-state index contributed by atoms with van der Waals surface area (Å²) in [6, 6.07) is 8.83. The van der Waals surface area contributed by atoms with Gasteiger partial charge in [-0.1, -0.05) is 18.2 Å². The van der Waals surface area contributed by atoms with Crippen LogP contribution in [0.3, 0.4) is 0 Å². The molecule has 0 spiro atoms. The predicted octanol–water partition coefficient (Wildman–Crippen LogP) is 2.87. The molecule has 0 unspecified atom stereocenters. The van der Waals surface area contributed by atoms with E-state index in [0.717, 1.165) is 5.39 Å². The Bertz CT molecular complexity index is 847. The molecule has 7 heteroatoms. The summed E-state index contributed by atoms with van der Waals surface area (Å²) in [7, 11) is 0. The van der Waals surface area contributed by atoms with Gasteiger partial charge in [0.05, 0.1) is 12.7 Å². The third-order valence-corrected chi connectivity index (χ3v) is 3.56. The van der Waals surface area contributed by atoms with Crippen LogP contribution in [0.2, 0.25) is 0 Å². The van der Waals surface area contributed by atoms with Crippen LogP contribution in [0.5, 0.6) is 0 Å². The number of carbonyl (C=O) groups excluding carboxylic acids is 2. The number of fused-ring (bicyclic) bond motifs is 1. The molecule has 1 aromatic heterocycles. The summed E-state index contributed by atoms with van der Waals surface area (Å²) < 4.78 is 15.9. The van der Waals surface area contributed by atoms with Crippen molar-refractivity contribution in [1.82, 2.24) is 0 Å². The molecule has 1 N–H and O–H groups in total. The first kappa shape index (κ1) is 18.4. The number of rotatable bonds is 8. The maximum absolute atomic E-state index is 12.3. The van der Waals surface area contributed by atoms with Gasteiger partial charge in [-0.2, -0.15) is 5.26 Å². The Morgan fingerprint density at radius 2 is 2.08 bits per heavy atom. The monoisotopic (exact) mass is 342 g/mol. The first-order valence-corrected chi connectivity index (χ1v) is 7.72. The number of esters is 1. The maximum atomic E-state index is 12.3. The lowest BCUT2D eigenvalue weighted by Gasteiger charge is -2.07. The van der Waals surface area contributed by atoms with Gasteiger partial charge in [0.15, 0.2) is 12.4 Å². The molecule has 0 bridgehead atoms. The molecular weight excluding hydrogens is 324 g/mol. The molecule has 25 heavy (non-hydrogen) atoms. The second kappa shape index (κ2) is 8.22. The summed E-state index contributed by atoms with van der Waals surface area (Å²) >= 11 is 0. The van der Waals surface area contributed by atoms with Crippen molar-refractivity contribution >= 4 is 28.4 Å². The van der Waals surface area contributed by atoms with Crippen LogP contribution in [-0.4, -0.2) is 30.7 Å². The molecule has 0 saturated carbocycles. The van der Waals surface area contributed by atoms with Gasteiger partial charge in [0.2, 0.25) is 5.76 Å². The minimum Gasteiger partial charge on any atom is -0.452 e. The molecule has 7 nitrogen and oxygen atoms in total. The second-order valence-corrected chi connectivity index (χ2v) is 5.33. The molecule has 1 atom stereocenters. The molecule has 1 heterocycles. The number of hydrogen-bond donors (Lipinski definition) is 1. The summed E-state index contributed by atoms with van der Waals surface area (Å²) in [5.74, 6) is -2.70. The van der Waals surface area contributed by atoms with Gasteiger partial charge in [-0.25, -0.2) is 4.79 Å². The molecule has 0 aliphatic carbocycles. The number of nitrogens with zero attached hydrogens (tertiary/aromatic N) is 1. The Morgan fingerprint density at radius 3 is 2.72 bits per heavy atom. The van der Waals surface area contributed by atoms with Gasteiger partial charge in [-0.15, -0.1) is 0 Å². The van der Waals surface area contributed by atoms with Crippen molar-refractivity contribution in [2.24, 2.45) is 5.92 Å². The Balaban J connectivity index is 2.20. The van der Waals surface area contributed by atoms with E-state index in [4.69, 9.17) is 24.6 Å². The maximum Gasteiger partial charge on any atom is 0.375 e. The van der Waals surface area contributed by atoms with Crippen molar-refractivity contribution in [1.29, 1.82) is 10.7 Å². The lowest BCUT2D eigenvalue weighted by molar-refractivity contribution is -0.122. The van der Waals surface area contributed by atoms with Crippen molar-refractivity contribution in [3.8, 4) is 6.07 Å². The number of ketones is 1. The molecule has 2 rings (SSSR count). The van der Waals surface area contributed by atoms with Crippen molar-refractivity contribution in [3.05, 3.63) is 35.6 Å². The third-order valence-electron chi connectivity index (χ3n) is 3.56. The highest BCUT2D eigenvalue weighted by Crippen LogP contribution is 2.27. The van der Waals surface area contributed by atoms with Crippen LogP contribution in [0.25, 0.3) is 11.0 Å². The molecule has 0 saturated heterocycles. The van der Waals surface area contributed by atoms with E-state index in [-0.39, 0.29) is 18.1 Å². The lowest BCUT2D eigenvalue weighted by atomic mass is 10.0. The summed E-state index contributed by atoms with van der Waals surface area (Å²) in [4.78, 5) is 24.2. The van der Waals surface area contributed by atoms with Gasteiger partial charge >= 0.3 is 5.97 Å². The number of furan rings is 1. The first-order valence-electron chi connectivity index (χ1n) is 7.72. The molecule has 0 aliphatic rings. The molecule has 1 aromatic carbocycles. The zero-order chi connectivity index (χ0) is 18.4. The minimum atomic E-state index is -1.22. The zero-order valence-electron chi connectivity index (χ0n) is 14.0. The van der Waals surface area contributed by atoms with E-state index in [1.165, 1.54) is 6.92 Å². The summed E-state index contributed by atoms with van der Waals surface area (Å²) in [6.07, 6.45) is 0. The third kappa shape index (κ3) is 4.11. The van der Waals surface area contributed by atoms with Crippen molar-refractivity contribution in [2.45, 2.75) is 20.5 Å². The van der Waals surface area contributed by atoms with Crippen LogP contribution < -0.4 is 0 Å². The van der Waals surface area contributed by atoms with Gasteiger partial charge in [-0.05, 0) is 19.9 Å². The normalized spacial score (nSPS) is 11.7. The van der Waals surface area contributed by atoms with Crippen LogP contribution >= 0.6 is 0 Å². The summed E-state index contributed by atoms with van der Waals surface area (Å²) in [5, 5.41) is 17.0. The van der Waals surface area contributed by atoms with Gasteiger partial charge < -0.3 is 19.3 Å². The Morgan fingerprint density at radius 1 is 1.36 bits per heavy atom. The number of Topliss-reactive ketones (excluding diaryl/α,β-unsaturated/α-hetero) is 1. The molecule has 0 amide bonds. The number of carbonyl (C=O) groups is 2. The van der Waals surface area contributed by atoms with E-state index in [1.807, 2.05) is 13.0 Å². The number of benzene rings is 1. The Hall–Kier alpha value is -2.98. The molecule has 0 fully saturated rings. The molecular formula is C18H18N2O5. The molecule has 0 radical (unpaired) electrons. The fraction of sp³-hybridized carbons (Fsp3) is 0.333. The Labute approximate surface area is 144 Å². The molecule has 2 aromatic rings. The average molecular weight is 342 g/mol. The van der Waals surface area contributed by atoms with E-state index >= 15 is 0 Å². The number of nitrogens with one attached hydrogen (secondary N) is 1. The van der Waals surface area contributed by atoms with Crippen molar-refractivity contribution < 1.29 is 23.5 Å². The van der Waals surface area contributed by atoms with E-state index in [1.54, 1.807) is 24.3 Å². The smallest absolute Gasteiger partial charge is 0.375 e. The fourth-order valence-electron chi connectivity index (χ4n) is 2.31. The van der Waals surface area contributed by atoms with Gasteiger partial charge in [0, 0.05) is 23.3 Å². The average Bonchev–Trinajstić information content (AvgIpc) is 2.96. The number of para-hydroxylation sites is 1. The van der Waals surface area contributed by atoms with Gasteiger partial charge in [0.25, 0.3) is 0 Å². The van der Waals surface area contributed by atoms with Gasteiger partial charge in [0.1, 0.15) is 11.5 Å². The highest BCUT2D eigenvalue weighted by Gasteiger charge is 2.25. The van der Waals surface area contributed by atoms with Crippen LogP contribution in [0.1, 0.15) is 30.0 Å². The van der Waals surface area contributed by atoms with Gasteiger partial charge in [-0.3, -0.25) is 4.79 Å². The SMILES string of the molecule is CCOCc1c(C(=O)OCC(=O)[C@@H](C#N)C(C)=N)oc2ccccc12. The number of ether oxygens (including phenoxy) is 2. The fourth-order valence-corrected chi connectivity index (χ4v) is 2.31. The predicted molar refractivity (Wildman–Crippen MR) is 89.3 cm³/mol. The van der Waals surface area contributed by atoms with E-state index in [0.29, 0.717) is 17.8 Å². The topological polar surface area (TPSA) is 113 Å². The van der Waals surface area contributed by atoms with Crippen LogP contribution in [0, 0.1) is 22.7 Å². The number of hydrogen-bond acceptors (Lipinski definition) is 7. The quantitative estimate of drug-likeness (QED) is 0.583. The first-order chi connectivity index (χ1) is 12.0. The summed E-state index contributed by atoms with van der Waals surface area (Å²) in [5.41, 5.74) is 0.972. The van der Waals surface area contributed by atoms with E-state index < -0.39 is 24.3 Å². The highest BCUT2D eigenvalue weighted by atomic mass is 16.5. The lowest BCUT2D eigenvalue weighted by Crippen LogP contribution is -2.25. The molecule has 0 aliphatic heterocycles. The largest absolute Gasteiger partial charge is 0.452 e. The standard InChI is InChI=1S/C18H18N2O5/c1-3-23-9-14-12-6-4-5-7-16(12)25-17(14)18(22)24-10-15(21)13(8-19)11(2)20/h4-7,13,20H,3,9-10H2,1-2H3/t13-/m0/s1.